The highest BCUT2D eigenvalue weighted by molar-refractivity contribution is 6.42. The summed E-state index contributed by atoms with van der Waals surface area (Å²) in [4.78, 5) is 22.7. The SMILES string of the molecule is COc1ccc(CNC(=O)c2c(N)n(/N=C\c3ccc(Cl)c(Cl)c3)c3nc4ccccc4nc23)cc1. The smallest absolute Gasteiger partial charge is 0.257 e. The van der Waals surface area contributed by atoms with Crippen LogP contribution in [0.3, 0.4) is 0 Å². The van der Waals surface area contributed by atoms with Crippen molar-refractivity contribution in [2.24, 2.45) is 5.10 Å². The highest BCUT2D eigenvalue weighted by Crippen LogP contribution is 2.28. The van der Waals surface area contributed by atoms with Gasteiger partial charge in [-0.2, -0.15) is 9.78 Å². The average Bonchev–Trinajstić information content (AvgIpc) is 3.16. The maximum atomic E-state index is 13.3. The molecule has 0 aliphatic carbocycles. The monoisotopic (exact) mass is 518 g/mol. The number of para-hydroxylation sites is 2. The van der Waals surface area contributed by atoms with Gasteiger partial charge in [0, 0.05) is 6.54 Å². The van der Waals surface area contributed by atoms with Crippen LogP contribution in [0, 0.1) is 0 Å². The molecule has 0 unspecified atom stereocenters. The number of benzene rings is 3. The highest BCUT2D eigenvalue weighted by atomic mass is 35.5. The number of nitrogens with two attached hydrogens (primary N) is 1. The number of amides is 1. The summed E-state index contributed by atoms with van der Waals surface area (Å²) < 4.78 is 6.59. The Morgan fingerprint density at radius 2 is 1.78 bits per heavy atom. The Labute approximate surface area is 216 Å². The van der Waals surface area contributed by atoms with Gasteiger partial charge in [0.1, 0.15) is 22.6 Å². The Hall–Kier alpha value is -4.14. The van der Waals surface area contributed by atoms with Crippen molar-refractivity contribution in [1.82, 2.24) is 20.0 Å². The molecule has 0 spiro atoms. The van der Waals surface area contributed by atoms with E-state index in [0.717, 1.165) is 11.3 Å². The number of hydrogen-bond acceptors (Lipinski definition) is 6. The summed E-state index contributed by atoms with van der Waals surface area (Å²) in [5, 5.41) is 8.24. The molecule has 0 bridgehead atoms. The first-order valence-electron chi connectivity index (χ1n) is 10.9. The second-order valence-electron chi connectivity index (χ2n) is 7.91. The number of nitrogens with zero attached hydrogens (tertiary/aromatic N) is 4. The summed E-state index contributed by atoms with van der Waals surface area (Å²) in [5.74, 6) is 0.463. The standard InChI is InChI=1S/C26H20Cl2N6O2/c1-36-17-9-6-15(7-10-17)13-30-26(35)22-23-25(33-21-5-3-2-4-20(21)32-23)34(24(22)29)31-14-16-8-11-18(27)19(28)12-16/h2-12,14H,13,29H2,1H3,(H,30,35)/b31-14-. The molecule has 1 amide bonds. The van der Waals surface area contributed by atoms with Crippen molar-refractivity contribution in [3.63, 3.8) is 0 Å². The van der Waals surface area contributed by atoms with Crippen LogP contribution in [0.15, 0.2) is 71.8 Å². The van der Waals surface area contributed by atoms with Crippen molar-refractivity contribution >= 4 is 63.3 Å². The van der Waals surface area contributed by atoms with Crippen LogP contribution in [0.1, 0.15) is 21.5 Å². The van der Waals surface area contributed by atoms with E-state index >= 15 is 0 Å². The summed E-state index contributed by atoms with van der Waals surface area (Å²) in [6, 6.07) is 19.9. The first-order chi connectivity index (χ1) is 17.4. The molecule has 180 valence electrons. The molecule has 3 aromatic carbocycles. The summed E-state index contributed by atoms with van der Waals surface area (Å²) in [5.41, 5.74) is 10.2. The van der Waals surface area contributed by atoms with E-state index in [1.54, 1.807) is 31.5 Å². The number of methoxy groups -OCH3 is 1. The molecule has 0 saturated heterocycles. The molecule has 5 aromatic rings. The van der Waals surface area contributed by atoms with Crippen LogP contribution < -0.4 is 15.8 Å². The lowest BCUT2D eigenvalue weighted by Crippen LogP contribution is -2.23. The minimum absolute atomic E-state index is 0.115. The van der Waals surface area contributed by atoms with Gasteiger partial charge in [-0.3, -0.25) is 4.79 Å². The van der Waals surface area contributed by atoms with Crippen molar-refractivity contribution in [1.29, 1.82) is 0 Å². The van der Waals surface area contributed by atoms with Crippen molar-refractivity contribution in [3.8, 4) is 5.75 Å². The number of ether oxygens (including phenoxy) is 1. The predicted molar refractivity (Wildman–Crippen MR) is 143 cm³/mol. The van der Waals surface area contributed by atoms with Crippen LogP contribution >= 0.6 is 23.2 Å². The van der Waals surface area contributed by atoms with Crippen molar-refractivity contribution in [3.05, 3.63) is 93.5 Å². The molecule has 5 rings (SSSR count). The van der Waals surface area contributed by atoms with Crippen LogP contribution in [0.2, 0.25) is 10.0 Å². The molecule has 0 saturated carbocycles. The summed E-state index contributed by atoms with van der Waals surface area (Å²) >= 11 is 12.1. The Kier molecular flexibility index (Phi) is 6.45. The van der Waals surface area contributed by atoms with Gasteiger partial charge in [-0.1, -0.05) is 53.5 Å². The Balaban J connectivity index is 1.55. The van der Waals surface area contributed by atoms with Crippen molar-refractivity contribution < 1.29 is 9.53 Å². The van der Waals surface area contributed by atoms with Crippen LogP contribution in [0.4, 0.5) is 5.82 Å². The first-order valence-corrected chi connectivity index (χ1v) is 11.7. The molecule has 0 aliphatic rings. The number of fused-ring (bicyclic) bond motifs is 2. The number of nitrogen functional groups attached to an aromatic ring is 1. The number of halogens is 2. The van der Waals surface area contributed by atoms with Gasteiger partial charge in [-0.25, -0.2) is 9.97 Å². The van der Waals surface area contributed by atoms with Gasteiger partial charge in [0.15, 0.2) is 5.65 Å². The molecule has 0 radical (unpaired) electrons. The van der Waals surface area contributed by atoms with Gasteiger partial charge in [0.05, 0.1) is 34.4 Å². The number of anilines is 1. The van der Waals surface area contributed by atoms with Gasteiger partial charge in [-0.05, 0) is 47.5 Å². The molecule has 8 nitrogen and oxygen atoms in total. The van der Waals surface area contributed by atoms with E-state index in [2.05, 4.69) is 20.4 Å². The van der Waals surface area contributed by atoms with Gasteiger partial charge < -0.3 is 15.8 Å². The van der Waals surface area contributed by atoms with E-state index in [1.165, 1.54) is 4.68 Å². The maximum Gasteiger partial charge on any atom is 0.257 e. The zero-order chi connectivity index (χ0) is 25.2. The molecule has 0 fully saturated rings. The van der Waals surface area contributed by atoms with E-state index < -0.39 is 0 Å². The van der Waals surface area contributed by atoms with Crippen molar-refractivity contribution in [2.45, 2.75) is 6.54 Å². The normalized spacial score (nSPS) is 11.4. The largest absolute Gasteiger partial charge is 0.497 e. The lowest BCUT2D eigenvalue weighted by atomic mass is 10.2. The zero-order valence-corrected chi connectivity index (χ0v) is 20.6. The number of carbonyl (C=O) groups is 1. The third-order valence-corrected chi connectivity index (χ3v) is 6.32. The van der Waals surface area contributed by atoms with E-state index in [-0.39, 0.29) is 17.3 Å². The van der Waals surface area contributed by atoms with Crippen LogP contribution in [-0.4, -0.2) is 33.9 Å². The molecule has 2 aromatic heterocycles. The fraction of sp³-hybridized carbons (Fsp3) is 0.0769. The fourth-order valence-electron chi connectivity index (χ4n) is 3.72. The minimum Gasteiger partial charge on any atom is -0.497 e. The second kappa shape index (κ2) is 9.85. The number of carbonyl (C=O) groups excluding carboxylic acids is 1. The predicted octanol–water partition coefficient (Wildman–Crippen LogP) is 5.29. The molecule has 2 heterocycles. The van der Waals surface area contributed by atoms with E-state index in [9.17, 15) is 4.79 Å². The molecule has 3 N–H and O–H groups in total. The Bertz CT molecular complexity index is 1630. The van der Waals surface area contributed by atoms with Crippen LogP contribution in [-0.2, 0) is 6.54 Å². The fourth-order valence-corrected chi connectivity index (χ4v) is 4.03. The van der Waals surface area contributed by atoms with Gasteiger partial charge >= 0.3 is 0 Å². The quantitative estimate of drug-likeness (QED) is 0.296. The van der Waals surface area contributed by atoms with Crippen molar-refractivity contribution in [2.75, 3.05) is 12.8 Å². The number of hydrogen-bond donors (Lipinski definition) is 2. The summed E-state index contributed by atoms with van der Waals surface area (Å²) in [6.07, 6.45) is 1.56. The van der Waals surface area contributed by atoms with Crippen LogP contribution in [0.5, 0.6) is 5.75 Å². The third kappa shape index (κ3) is 4.56. The molecule has 0 aliphatic heterocycles. The topological polar surface area (TPSA) is 107 Å². The van der Waals surface area contributed by atoms with Crippen LogP contribution in [0.25, 0.3) is 22.2 Å². The van der Waals surface area contributed by atoms with Gasteiger partial charge in [0.2, 0.25) is 0 Å². The number of rotatable bonds is 6. The Morgan fingerprint density at radius 3 is 2.47 bits per heavy atom. The molecular weight excluding hydrogens is 499 g/mol. The van der Waals surface area contributed by atoms with Gasteiger partial charge in [-0.15, -0.1) is 0 Å². The highest BCUT2D eigenvalue weighted by Gasteiger charge is 2.24. The van der Waals surface area contributed by atoms with E-state index in [1.807, 2.05) is 48.5 Å². The molecule has 0 atom stereocenters. The van der Waals surface area contributed by atoms with E-state index in [0.29, 0.717) is 44.4 Å². The van der Waals surface area contributed by atoms with E-state index in [4.69, 9.17) is 33.7 Å². The second-order valence-corrected chi connectivity index (χ2v) is 8.72. The molecule has 36 heavy (non-hydrogen) atoms. The Morgan fingerprint density at radius 1 is 1.06 bits per heavy atom. The lowest BCUT2D eigenvalue weighted by Gasteiger charge is -2.06. The molecular formula is C26H20Cl2N6O2. The minimum atomic E-state index is -0.388. The molecule has 10 heteroatoms. The number of aromatic nitrogens is 3. The van der Waals surface area contributed by atoms with Gasteiger partial charge in [0.25, 0.3) is 5.91 Å². The summed E-state index contributed by atoms with van der Waals surface area (Å²) in [6.45, 7) is 0.294. The third-order valence-electron chi connectivity index (χ3n) is 5.58. The lowest BCUT2D eigenvalue weighted by molar-refractivity contribution is 0.0953. The zero-order valence-electron chi connectivity index (χ0n) is 19.1. The number of nitrogens with one attached hydrogen (secondary N) is 1. The average molecular weight is 519 g/mol. The first kappa shape index (κ1) is 23.6. The maximum absolute atomic E-state index is 13.3. The summed E-state index contributed by atoms with van der Waals surface area (Å²) in [7, 11) is 1.60.